The molecule has 1 fully saturated rings. The molecule has 2 rings (SSSR count). The van der Waals surface area contributed by atoms with Crippen molar-refractivity contribution in [2.24, 2.45) is 5.84 Å². The van der Waals surface area contributed by atoms with Crippen LogP contribution in [0.2, 0.25) is 0 Å². The van der Waals surface area contributed by atoms with Gasteiger partial charge in [-0.05, 0) is 20.1 Å². The van der Waals surface area contributed by atoms with Crippen molar-refractivity contribution in [3.8, 4) is 0 Å². The highest BCUT2D eigenvalue weighted by Crippen LogP contribution is 2.24. The smallest absolute Gasteiger partial charge is 0.191 e. The number of hydrazine groups is 1. The number of nitrogen functional groups attached to an aromatic ring is 1. The van der Waals surface area contributed by atoms with Crippen molar-refractivity contribution >= 4 is 23.4 Å². The molecular formula is C11H19N5OS. The van der Waals surface area contributed by atoms with Crippen molar-refractivity contribution < 1.29 is 4.74 Å². The van der Waals surface area contributed by atoms with E-state index in [0.717, 1.165) is 18.9 Å². The molecule has 1 aromatic heterocycles. The summed E-state index contributed by atoms with van der Waals surface area (Å²) in [7, 11) is 0. The van der Waals surface area contributed by atoms with E-state index in [2.05, 4.69) is 34.1 Å². The Bertz CT molecular complexity index is 404. The molecule has 0 unspecified atom stereocenters. The van der Waals surface area contributed by atoms with Gasteiger partial charge in [-0.25, -0.2) is 15.8 Å². The van der Waals surface area contributed by atoms with Crippen LogP contribution >= 0.6 is 11.8 Å². The van der Waals surface area contributed by atoms with Crippen LogP contribution in [0.4, 0.5) is 11.6 Å². The van der Waals surface area contributed by atoms with Crippen LogP contribution in [0.5, 0.6) is 0 Å². The minimum atomic E-state index is -0.154. The summed E-state index contributed by atoms with van der Waals surface area (Å²) < 4.78 is 5.70. The van der Waals surface area contributed by atoms with Gasteiger partial charge in [0, 0.05) is 19.2 Å². The summed E-state index contributed by atoms with van der Waals surface area (Å²) in [6.45, 7) is 6.51. The Labute approximate surface area is 111 Å². The van der Waals surface area contributed by atoms with Crippen molar-refractivity contribution in [3.05, 3.63) is 6.07 Å². The molecule has 0 atom stereocenters. The lowest BCUT2D eigenvalue weighted by Crippen LogP contribution is -2.48. The van der Waals surface area contributed by atoms with Gasteiger partial charge in [-0.15, -0.1) is 0 Å². The first kappa shape index (κ1) is 13.4. The lowest BCUT2D eigenvalue weighted by molar-refractivity contribution is -0.0279. The largest absolute Gasteiger partial charge is 0.372 e. The van der Waals surface area contributed by atoms with Gasteiger partial charge in [-0.3, -0.25) is 0 Å². The average molecular weight is 269 g/mol. The molecular weight excluding hydrogens is 250 g/mol. The third-order valence-electron chi connectivity index (χ3n) is 2.77. The van der Waals surface area contributed by atoms with Crippen LogP contribution in [0.1, 0.15) is 13.8 Å². The maximum absolute atomic E-state index is 5.70. The fraction of sp³-hybridized carbons (Fsp3) is 0.636. The first-order chi connectivity index (χ1) is 8.54. The van der Waals surface area contributed by atoms with Gasteiger partial charge in [0.05, 0.1) is 12.2 Å². The quantitative estimate of drug-likeness (QED) is 0.368. The van der Waals surface area contributed by atoms with E-state index in [9.17, 15) is 0 Å². The number of ether oxygens (including phenoxy) is 1. The van der Waals surface area contributed by atoms with Gasteiger partial charge in [0.25, 0.3) is 0 Å². The van der Waals surface area contributed by atoms with Gasteiger partial charge in [0.1, 0.15) is 11.6 Å². The molecule has 7 heteroatoms. The number of thioether (sulfide) groups is 1. The maximum atomic E-state index is 5.70. The predicted octanol–water partition coefficient (Wildman–Crippen LogP) is 1.10. The van der Waals surface area contributed by atoms with E-state index in [0.29, 0.717) is 17.6 Å². The summed E-state index contributed by atoms with van der Waals surface area (Å²) in [6.07, 6.45) is 1.95. The monoisotopic (exact) mass is 269 g/mol. The van der Waals surface area contributed by atoms with Crippen LogP contribution < -0.4 is 16.2 Å². The van der Waals surface area contributed by atoms with Crippen molar-refractivity contribution in [2.45, 2.75) is 24.6 Å². The zero-order chi connectivity index (χ0) is 13.2. The van der Waals surface area contributed by atoms with Crippen LogP contribution in [0.3, 0.4) is 0 Å². The van der Waals surface area contributed by atoms with Crippen molar-refractivity contribution in [1.82, 2.24) is 9.97 Å². The van der Waals surface area contributed by atoms with Gasteiger partial charge in [-0.2, -0.15) is 0 Å². The number of nitrogens with two attached hydrogens (primary N) is 1. The molecule has 3 N–H and O–H groups in total. The third kappa shape index (κ3) is 3.04. The second kappa shape index (κ2) is 5.29. The topological polar surface area (TPSA) is 76.3 Å². The molecule has 0 aromatic carbocycles. The molecule has 2 heterocycles. The summed E-state index contributed by atoms with van der Waals surface area (Å²) in [5.41, 5.74) is 2.43. The summed E-state index contributed by atoms with van der Waals surface area (Å²) in [5.74, 6) is 6.95. The average Bonchev–Trinajstić information content (AvgIpc) is 2.37. The Morgan fingerprint density at radius 1 is 1.50 bits per heavy atom. The molecule has 0 saturated carbocycles. The highest BCUT2D eigenvalue weighted by atomic mass is 32.2. The Hall–Kier alpha value is -1.05. The SMILES string of the molecule is CSc1nc(NN)cc(N2CCOC(C)(C)C2)n1. The third-order valence-corrected chi connectivity index (χ3v) is 3.32. The molecule has 6 nitrogen and oxygen atoms in total. The number of anilines is 2. The zero-order valence-electron chi connectivity index (χ0n) is 10.9. The van der Waals surface area contributed by atoms with E-state index in [1.807, 2.05) is 12.3 Å². The minimum Gasteiger partial charge on any atom is -0.372 e. The highest BCUT2D eigenvalue weighted by molar-refractivity contribution is 7.98. The summed E-state index contributed by atoms with van der Waals surface area (Å²) in [6, 6.07) is 1.86. The number of aromatic nitrogens is 2. The molecule has 0 amide bonds. The lowest BCUT2D eigenvalue weighted by atomic mass is 10.1. The Balaban J connectivity index is 2.26. The van der Waals surface area contributed by atoms with Crippen LogP contribution in [-0.4, -0.2) is 41.5 Å². The van der Waals surface area contributed by atoms with Gasteiger partial charge in [-0.1, -0.05) is 11.8 Å². The normalized spacial score (nSPS) is 18.8. The molecule has 1 saturated heterocycles. The first-order valence-corrected chi connectivity index (χ1v) is 7.05. The molecule has 0 bridgehead atoms. The van der Waals surface area contributed by atoms with Gasteiger partial charge < -0.3 is 15.1 Å². The van der Waals surface area contributed by atoms with E-state index in [4.69, 9.17) is 10.6 Å². The van der Waals surface area contributed by atoms with Crippen LogP contribution in [0, 0.1) is 0 Å². The molecule has 1 aliphatic heterocycles. The molecule has 0 radical (unpaired) electrons. The number of hydrogen-bond acceptors (Lipinski definition) is 7. The van der Waals surface area contributed by atoms with E-state index in [1.54, 1.807) is 0 Å². The van der Waals surface area contributed by atoms with Crippen LogP contribution in [-0.2, 0) is 4.74 Å². The number of morpholine rings is 1. The first-order valence-electron chi connectivity index (χ1n) is 5.83. The standard InChI is InChI=1S/C11H19N5OS/c1-11(2)7-16(4-5-17-11)9-6-8(15-12)13-10(14-9)18-3/h6H,4-5,7,12H2,1-3H3,(H,13,14,15). The summed E-state index contributed by atoms with van der Waals surface area (Å²) in [4.78, 5) is 11.0. The number of rotatable bonds is 3. The second-order valence-electron chi connectivity index (χ2n) is 4.77. The van der Waals surface area contributed by atoms with Gasteiger partial charge >= 0.3 is 0 Å². The van der Waals surface area contributed by atoms with E-state index in [-0.39, 0.29) is 5.60 Å². The fourth-order valence-electron chi connectivity index (χ4n) is 1.95. The maximum Gasteiger partial charge on any atom is 0.191 e. The fourth-order valence-corrected chi connectivity index (χ4v) is 2.33. The summed E-state index contributed by atoms with van der Waals surface area (Å²) in [5, 5.41) is 0.713. The predicted molar refractivity (Wildman–Crippen MR) is 73.9 cm³/mol. The number of nitrogens with zero attached hydrogens (tertiary/aromatic N) is 3. The van der Waals surface area contributed by atoms with Gasteiger partial charge in [0.15, 0.2) is 5.16 Å². The molecule has 100 valence electrons. The van der Waals surface area contributed by atoms with E-state index in [1.165, 1.54) is 11.8 Å². The van der Waals surface area contributed by atoms with Crippen LogP contribution in [0.15, 0.2) is 11.2 Å². The Morgan fingerprint density at radius 2 is 2.28 bits per heavy atom. The molecule has 0 spiro atoms. The van der Waals surface area contributed by atoms with Crippen molar-refractivity contribution in [1.29, 1.82) is 0 Å². The highest BCUT2D eigenvalue weighted by Gasteiger charge is 2.28. The second-order valence-corrected chi connectivity index (χ2v) is 5.55. The van der Waals surface area contributed by atoms with Crippen molar-refractivity contribution in [2.75, 3.05) is 36.3 Å². The molecule has 0 aliphatic carbocycles. The minimum absolute atomic E-state index is 0.154. The van der Waals surface area contributed by atoms with Crippen molar-refractivity contribution in [3.63, 3.8) is 0 Å². The lowest BCUT2D eigenvalue weighted by Gasteiger charge is -2.38. The number of hydrogen-bond donors (Lipinski definition) is 2. The van der Waals surface area contributed by atoms with E-state index >= 15 is 0 Å². The number of nitrogens with one attached hydrogen (secondary N) is 1. The molecule has 1 aliphatic rings. The molecule has 1 aromatic rings. The Morgan fingerprint density at radius 3 is 2.89 bits per heavy atom. The van der Waals surface area contributed by atoms with E-state index < -0.39 is 0 Å². The van der Waals surface area contributed by atoms with Crippen LogP contribution in [0.25, 0.3) is 0 Å². The molecule has 18 heavy (non-hydrogen) atoms. The Kier molecular flexibility index (Phi) is 3.94. The van der Waals surface area contributed by atoms with Gasteiger partial charge in [0.2, 0.25) is 0 Å². The zero-order valence-corrected chi connectivity index (χ0v) is 11.8. The summed E-state index contributed by atoms with van der Waals surface area (Å²) >= 11 is 1.50.